The highest BCUT2D eigenvalue weighted by atomic mass is 79.9. The summed E-state index contributed by atoms with van der Waals surface area (Å²) in [6.45, 7) is 0. The third kappa shape index (κ3) is 5.31. The van der Waals surface area contributed by atoms with E-state index in [2.05, 4.69) is 26.6 Å². The van der Waals surface area contributed by atoms with Crippen LogP contribution in [0.3, 0.4) is 0 Å². The molecule has 0 unspecified atom stereocenters. The highest BCUT2D eigenvalue weighted by molar-refractivity contribution is 9.10. The largest absolute Gasteiger partial charge is 0.352 e. The van der Waals surface area contributed by atoms with Crippen LogP contribution in [0.5, 0.6) is 0 Å². The number of carbonyl (C=O) groups excluding carboxylic acids is 2. The van der Waals surface area contributed by atoms with Crippen molar-refractivity contribution in [1.82, 2.24) is 5.32 Å². The van der Waals surface area contributed by atoms with Gasteiger partial charge in [-0.05, 0) is 29.8 Å². The number of urea groups is 1. The van der Waals surface area contributed by atoms with Crippen LogP contribution >= 0.6 is 15.9 Å². The van der Waals surface area contributed by atoms with E-state index in [0.717, 1.165) is 16.6 Å². The summed E-state index contributed by atoms with van der Waals surface area (Å²) in [4.78, 5) is 23.3. The SMILES string of the molecule is NC(=O)N[C@@H](CC(=O)Nc1cc(F)cc(F)c1)c1ccc(Br)cc1. The third-order valence-electron chi connectivity index (χ3n) is 3.12. The third-order valence-corrected chi connectivity index (χ3v) is 3.65. The van der Waals surface area contributed by atoms with Crippen molar-refractivity contribution in [3.05, 3.63) is 64.1 Å². The second kappa shape index (κ2) is 7.87. The molecule has 0 bridgehead atoms. The maximum atomic E-state index is 13.1. The second-order valence-corrected chi connectivity index (χ2v) is 5.94. The molecule has 0 saturated carbocycles. The lowest BCUT2D eigenvalue weighted by atomic mass is 10.0. The van der Waals surface area contributed by atoms with Gasteiger partial charge in [0.05, 0.1) is 12.5 Å². The Labute approximate surface area is 145 Å². The summed E-state index contributed by atoms with van der Waals surface area (Å²) in [5.74, 6) is -2.13. The molecule has 24 heavy (non-hydrogen) atoms. The van der Waals surface area contributed by atoms with Gasteiger partial charge in [0, 0.05) is 16.2 Å². The van der Waals surface area contributed by atoms with Gasteiger partial charge in [0.25, 0.3) is 0 Å². The Morgan fingerprint density at radius 1 is 1.08 bits per heavy atom. The summed E-state index contributed by atoms with van der Waals surface area (Å²) in [5.41, 5.74) is 5.79. The summed E-state index contributed by atoms with van der Waals surface area (Å²) in [7, 11) is 0. The molecule has 0 aliphatic heterocycles. The number of halogens is 3. The van der Waals surface area contributed by atoms with Crippen LogP contribution in [0.4, 0.5) is 19.3 Å². The highest BCUT2D eigenvalue weighted by Crippen LogP contribution is 2.21. The molecule has 0 aliphatic rings. The van der Waals surface area contributed by atoms with Crippen molar-refractivity contribution >= 4 is 33.6 Å². The van der Waals surface area contributed by atoms with E-state index in [1.54, 1.807) is 24.3 Å². The zero-order valence-electron chi connectivity index (χ0n) is 12.4. The van der Waals surface area contributed by atoms with Gasteiger partial charge in [-0.15, -0.1) is 0 Å². The molecule has 0 aromatic heterocycles. The highest BCUT2D eigenvalue weighted by Gasteiger charge is 2.18. The first-order chi connectivity index (χ1) is 11.3. The van der Waals surface area contributed by atoms with Gasteiger partial charge >= 0.3 is 6.03 Å². The quantitative estimate of drug-likeness (QED) is 0.721. The molecule has 0 saturated heterocycles. The molecule has 0 fully saturated rings. The van der Waals surface area contributed by atoms with Crippen LogP contribution in [-0.4, -0.2) is 11.9 Å². The number of anilines is 1. The zero-order valence-corrected chi connectivity index (χ0v) is 13.9. The molecule has 0 aliphatic carbocycles. The zero-order chi connectivity index (χ0) is 17.7. The smallest absolute Gasteiger partial charge is 0.312 e. The van der Waals surface area contributed by atoms with E-state index in [-0.39, 0.29) is 12.1 Å². The lowest BCUT2D eigenvalue weighted by Crippen LogP contribution is -2.35. The van der Waals surface area contributed by atoms with Crippen LogP contribution < -0.4 is 16.4 Å². The molecule has 2 rings (SSSR count). The van der Waals surface area contributed by atoms with Crippen molar-refractivity contribution in [3.63, 3.8) is 0 Å². The summed E-state index contributed by atoms with van der Waals surface area (Å²) in [6.07, 6.45) is -0.150. The van der Waals surface area contributed by atoms with Gasteiger partial charge in [-0.2, -0.15) is 0 Å². The monoisotopic (exact) mass is 397 g/mol. The van der Waals surface area contributed by atoms with Crippen molar-refractivity contribution in [1.29, 1.82) is 0 Å². The van der Waals surface area contributed by atoms with Crippen molar-refractivity contribution < 1.29 is 18.4 Å². The molecule has 1 atom stereocenters. The van der Waals surface area contributed by atoms with Gasteiger partial charge in [0.2, 0.25) is 5.91 Å². The van der Waals surface area contributed by atoms with Crippen LogP contribution in [0.15, 0.2) is 46.9 Å². The minimum absolute atomic E-state index is 0.00821. The lowest BCUT2D eigenvalue weighted by Gasteiger charge is -2.18. The fourth-order valence-corrected chi connectivity index (χ4v) is 2.41. The molecule has 2 aromatic carbocycles. The van der Waals surface area contributed by atoms with Gasteiger partial charge in [-0.3, -0.25) is 4.79 Å². The predicted molar refractivity (Wildman–Crippen MR) is 89.2 cm³/mol. The van der Waals surface area contributed by atoms with E-state index in [4.69, 9.17) is 5.73 Å². The number of carbonyl (C=O) groups is 2. The van der Waals surface area contributed by atoms with E-state index in [9.17, 15) is 18.4 Å². The Kier molecular flexibility index (Phi) is 5.86. The van der Waals surface area contributed by atoms with Crippen LogP contribution in [-0.2, 0) is 4.79 Å². The predicted octanol–water partition coefficient (Wildman–Crippen LogP) is 3.47. The van der Waals surface area contributed by atoms with Crippen molar-refractivity contribution in [3.8, 4) is 0 Å². The van der Waals surface area contributed by atoms with Crippen molar-refractivity contribution in [2.45, 2.75) is 12.5 Å². The summed E-state index contributed by atoms with van der Waals surface area (Å²) in [5, 5.41) is 4.86. The van der Waals surface area contributed by atoms with E-state index >= 15 is 0 Å². The number of rotatable bonds is 5. The van der Waals surface area contributed by atoms with E-state index in [1.165, 1.54) is 0 Å². The number of benzene rings is 2. The van der Waals surface area contributed by atoms with Crippen LogP contribution in [0.2, 0.25) is 0 Å². The van der Waals surface area contributed by atoms with E-state index in [0.29, 0.717) is 11.6 Å². The first kappa shape index (κ1) is 17.9. The summed E-state index contributed by atoms with van der Waals surface area (Å²) in [6, 6.07) is 8.19. The Morgan fingerprint density at radius 2 is 1.67 bits per heavy atom. The Hall–Kier alpha value is -2.48. The van der Waals surface area contributed by atoms with E-state index < -0.39 is 29.6 Å². The normalized spacial score (nSPS) is 11.6. The minimum atomic E-state index is -0.801. The topological polar surface area (TPSA) is 84.2 Å². The second-order valence-electron chi connectivity index (χ2n) is 5.02. The summed E-state index contributed by atoms with van der Waals surface area (Å²) >= 11 is 3.29. The first-order valence-corrected chi connectivity index (χ1v) is 7.70. The number of nitrogens with two attached hydrogens (primary N) is 1. The van der Waals surface area contributed by atoms with E-state index in [1.807, 2.05) is 0 Å². The molecule has 2 aromatic rings. The minimum Gasteiger partial charge on any atom is -0.352 e. The van der Waals surface area contributed by atoms with Gasteiger partial charge < -0.3 is 16.4 Å². The molecule has 4 N–H and O–H groups in total. The van der Waals surface area contributed by atoms with Crippen LogP contribution in [0, 0.1) is 11.6 Å². The first-order valence-electron chi connectivity index (χ1n) is 6.91. The van der Waals surface area contributed by atoms with Gasteiger partial charge in [-0.1, -0.05) is 28.1 Å². The Bertz CT molecular complexity index is 733. The number of primary amides is 1. The van der Waals surface area contributed by atoms with Crippen LogP contribution in [0.1, 0.15) is 18.0 Å². The molecular weight excluding hydrogens is 384 g/mol. The standard InChI is InChI=1S/C16H14BrF2N3O2/c17-10-3-1-9(2-4-10)14(22-16(20)24)8-15(23)21-13-6-11(18)5-12(19)7-13/h1-7,14H,8H2,(H,21,23)(H3,20,22,24)/t14-/m0/s1. The molecule has 0 heterocycles. The van der Waals surface area contributed by atoms with Gasteiger partial charge in [-0.25, -0.2) is 13.6 Å². The number of amides is 3. The molecule has 0 spiro atoms. The van der Waals surface area contributed by atoms with Crippen molar-refractivity contribution in [2.75, 3.05) is 5.32 Å². The Morgan fingerprint density at radius 3 is 2.21 bits per heavy atom. The summed E-state index contributed by atoms with van der Waals surface area (Å²) < 4.78 is 27.1. The molecule has 5 nitrogen and oxygen atoms in total. The fraction of sp³-hybridized carbons (Fsp3) is 0.125. The maximum absolute atomic E-state index is 13.1. The van der Waals surface area contributed by atoms with Crippen LogP contribution in [0.25, 0.3) is 0 Å². The molecule has 3 amide bonds. The molecule has 126 valence electrons. The molecular formula is C16H14BrF2N3O2. The average molecular weight is 398 g/mol. The maximum Gasteiger partial charge on any atom is 0.312 e. The van der Waals surface area contributed by atoms with Gasteiger partial charge in [0.1, 0.15) is 11.6 Å². The number of hydrogen-bond donors (Lipinski definition) is 3. The lowest BCUT2D eigenvalue weighted by molar-refractivity contribution is -0.116. The molecule has 8 heteroatoms. The number of hydrogen-bond acceptors (Lipinski definition) is 2. The average Bonchev–Trinajstić information content (AvgIpc) is 2.45. The number of nitrogens with one attached hydrogen (secondary N) is 2. The van der Waals surface area contributed by atoms with Crippen molar-refractivity contribution in [2.24, 2.45) is 5.73 Å². The molecule has 0 radical (unpaired) electrons. The Balaban J connectivity index is 2.11. The van der Waals surface area contributed by atoms with Gasteiger partial charge in [0.15, 0.2) is 0 Å². The fourth-order valence-electron chi connectivity index (χ4n) is 2.14.